The Hall–Kier alpha value is -3.71. The van der Waals surface area contributed by atoms with Crippen LogP contribution >= 0.6 is 0 Å². The second kappa shape index (κ2) is 62.1. The first kappa shape index (κ1) is 78.8. The van der Waals surface area contributed by atoms with Crippen molar-refractivity contribution in [3.63, 3.8) is 0 Å². The molecule has 0 spiro atoms. The molecule has 0 aliphatic carbocycles. The minimum Gasteiger partial charge on any atom is -0.466 e. The van der Waals surface area contributed by atoms with Crippen LogP contribution in [0.2, 0.25) is 0 Å². The Morgan fingerprint density at radius 3 is 1.05 bits per heavy atom. The second-order valence-electron chi connectivity index (χ2n) is 19.8. The number of ether oxygens (including phenoxy) is 7. The van der Waals surface area contributed by atoms with Crippen molar-refractivity contribution in [2.45, 2.75) is 301 Å². The van der Waals surface area contributed by atoms with E-state index in [1.807, 2.05) is 48.5 Å². The fraction of sp³-hybridized carbons (Fsp3) is 0.887. The Morgan fingerprint density at radius 2 is 0.684 bits per heavy atom. The quantitative estimate of drug-likeness (QED) is 0.0318. The van der Waals surface area contributed by atoms with Crippen molar-refractivity contribution in [1.82, 2.24) is 0 Å². The minimum atomic E-state index is -0.578. The molecule has 0 rings (SSSR count). The third-order valence-electron chi connectivity index (χ3n) is 12.2. The van der Waals surface area contributed by atoms with Crippen molar-refractivity contribution in [3.05, 3.63) is 0 Å². The molecule has 14 heteroatoms. The van der Waals surface area contributed by atoms with Gasteiger partial charge in [0.15, 0.2) is 0 Å². The van der Waals surface area contributed by atoms with E-state index in [1.54, 1.807) is 0 Å². The molecule has 0 aliphatic heterocycles. The smallest absolute Gasteiger partial charge is 0.306 e. The molecule has 76 heavy (non-hydrogen) atoms. The number of hydrogen-bond donors (Lipinski definition) is 0. The maximum Gasteiger partial charge on any atom is 0.306 e. The maximum absolute atomic E-state index is 13.3. The van der Waals surface area contributed by atoms with Gasteiger partial charge in [-0.15, -0.1) is 0 Å². The van der Waals surface area contributed by atoms with E-state index < -0.39 is 35.8 Å². The van der Waals surface area contributed by atoms with E-state index in [0.717, 1.165) is 122 Å². The Kier molecular flexibility index (Phi) is 64.4. The predicted octanol–water partition coefficient (Wildman–Crippen LogP) is 16.1. The van der Waals surface area contributed by atoms with Gasteiger partial charge in [0.2, 0.25) is 0 Å². The standard InChI is InChI=1S/C53H96O12.C5H10O2.2C2H6/c1-7-12-16-20-24-28-32-48(54)62-41-45(37-51(57)60-35-31-27-23-19-15-10-4)38-52(58)61-40-44(6)36-47(11-5)65-53(59)39-46(42-63-49(55)33-29-25-21-17-13-8-2)43-64-50(56)34-30-26-22-18-14-9-3;1-3-4-7-5(2)6;2*1-2/h44-47H,7-43H2,1-6H3;3-4H2,1-2H3;2*1-2H3. The molecule has 3 unspecified atom stereocenters. The van der Waals surface area contributed by atoms with Crippen LogP contribution in [-0.4, -0.2) is 87.5 Å². The van der Waals surface area contributed by atoms with Crippen LogP contribution in [0, 0.1) is 17.8 Å². The topological polar surface area (TPSA) is 184 Å². The number of carbonyl (C=O) groups is 7. The van der Waals surface area contributed by atoms with Crippen LogP contribution in [0.25, 0.3) is 0 Å². The lowest BCUT2D eigenvalue weighted by Gasteiger charge is -2.22. The molecule has 14 nitrogen and oxygen atoms in total. The monoisotopic (exact) mass is 1090 g/mol. The first-order valence-electron chi connectivity index (χ1n) is 30.8. The number of esters is 7. The highest BCUT2D eigenvalue weighted by molar-refractivity contribution is 5.74. The summed E-state index contributed by atoms with van der Waals surface area (Å²) in [6, 6.07) is 0. The lowest BCUT2D eigenvalue weighted by atomic mass is 10.0. The van der Waals surface area contributed by atoms with Crippen molar-refractivity contribution in [3.8, 4) is 0 Å². The van der Waals surface area contributed by atoms with E-state index in [-0.39, 0.29) is 75.5 Å². The van der Waals surface area contributed by atoms with Gasteiger partial charge < -0.3 is 33.2 Å². The molecular formula is C62H118O14. The molecule has 0 bridgehead atoms. The van der Waals surface area contributed by atoms with E-state index in [9.17, 15) is 33.6 Å². The molecule has 0 aromatic rings. The molecule has 0 aromatic carbocycles. The van der Waals surface area contributed by atoms with E-state index in [0.29, 0.717) is 45.3 Å². The van der Waals surface area contributed by atoms with Crippen LogP contribution in [0.5, 0.6) is 0 Å². The zero-order chi connectivity index (χ0) is 57.9. The van der Waals surface area contributed by atoms with Gasteiger partial charge in [-0.1, -0.05) is 205 Å². The molecule has 0 heterocycles. The van der Waals surface area contributed by atoms with Crippen LogP contribution in [0.4, 0.5) is 0 Å². The van der Waals surface area contributed by atoms with Crippen LogP contribution < -0.4 is 0 Å². The zero-order valence-corrected chi connectivity index (χ0v) is 51.1. The summed E-state index contributed by atoms with van der Waals surface area (Å²) in [5, 5.41) is 0. The van der Waals surface area contributed by atoms with E-state index in [2.05, 4.69) is 32.4 Å². The predicted molar refractivity (Wildman–Crippen MR) is 307 cm³/mol. The van der Waals surface area contributed by atoms with Gasteiger partial charge in [0.25, 0.3) is 0 Å². The highest BCUT2D eigenvalue weighted by atomic mass is 16.6. The average Bonchev–Trinajstić information content (AvgIpc) is 3.41. The summed E-state index contributed by atoms with van der Waals surface area (Å²) >= 11 is 0. The highest BCUT2D eigenvalue weighted by Crippen LogP contribution is 2.19. The van der Waals surface area contributed by atoms with Crippen molar-refractivity contribution in [1.29, 1.82) is 0 Å². The van der Waals surface area contributed by atoms with E-state index in [4.69, 9.17) is 28.4 Å². The number of carbonyl (C=O) groups excluding carboxylic acids is 7. The molecule has 0 aromatic heterocycles. The Morgan fingerprint density at radius 1 is 0.342 bits per heavy atom. The van der Waals surface area contributed by atoms with Crippen LogP contribution in [0.3, 0.4) is 0 Å². The first-order valence-corrected chi connectivity index (χ1v) is 30.8. The molecular weight excluding hydrogens is 969 g/mol. The zero-order valence-electron chi connectivity index (χ0n) is 51.1. The molecule has 0 N–H and O–H groups in total. The van der Waals surface area contributed by atoms with Gasteiger partial charge in [-0.2, -0.15) is 0 Å². The third-order valence-corrected chi connectivity index (χ3v) is 12.2. The van der Waals surface area contributed by atoms with Crippen molar-refractivity contribution in [2.24, 2.45) is 17.8 Å². The third kappa shape index (κ3) is 59.5. The van der Waals surface area contributed by atoms with Gasteiger partial charge in [0.1, 0.15) is 6.10 Å². The summed E-state index contributed by atoms with van der Waals surface area (Å²) in [7, 11) is 0. The molecule has 0 amide bonds. The van der Waals surface area contributed by atoms with Gasteiger partial charge in [-0.05, 0) is 50.9 Å². The Balaban J connectivity index is -0.00000214. The molecule has 0 radical (unpaired) electrons. The molecule has 450 valence electrons. The highest BCUT2D eigenvalue weighted by Gasteiger charge is 2.25. The van der Waals surface area contributed by atoms with E-state index >= 15 is 0 Å². The number of rotatable bonds is 48. The van der Waals surface area contributed by atoms with Crippen LogP contribution in [0.15, 0.2) is 0 Å². The summed E-state index contributed by atoms with van der Waals surface area (Å²) < 4.78 is 38.2. The van der Waals surface area contributed by atoms with Crippen molar-refractivity contribution in [2.75, 3.05) is 39.6 Å². The van der Waals surface area contributed by atoms with Crippen LogP contribution in [-0.2, 0) is 66.7 Å². The summed E-state index contributed by atoms with van der Waals surface area (Å²) in [6.45, 7) is 24.6. The van der Waals surface area contributed by atoms with Gasteiger partial charge in [0, 0.05) is 38.0 Å². The second-order valence-corrected chi connectivity index (χ2v) is 19.8. The summed E-state index contributed by atoms with van der Waals surface area (Å²) in [6.07, 6.45) is 27.3. The van der Waals surface area contributed by atoms with Gasteiger partial charge in [-0.25, -0.2) is 0 Å². The fourth-order valence-corrected chi connectivity index (χ4v) is 7.78. The van der Waals surface area contributed by atoms with Crippen molar-refractivity contribution >= 4 is 41.8 Å². The summed E-state index contributed by atoms with van der Waals surface area (Å²) in [5.74, 6) is -3.89. The molecule has 0 aliphatic rings. The van der Waals surface area contributed by atoms with Gasteiger partial charge in [0.05, 0.1) is 58.9 Å². The molecule has 0 saturated carbocycles. The molecule has 0 saturated heterocycles. The Bertz CT molecular complexity index is 1320. The average molecular weight is 1090 g/mol. The van der Waals surface area contributed by atoms with E-state index in [1.165, 1.54) is 45.4 Å². The first-order chi connectivity index (χ1) is 36.7. The largest absolute Gasteiger partial charge is 0.466 e. The fourth-order valence-electron chi connectivity index (χ4n) is 7.78. The SMILES string of the molecule is CC.CC.CCCCCCCCOC(=O)CC(COC(=O)CCCCCCCC)CC(=O)OCC(C)CC(CC)OC(=O)CC(COC(=O)CCCCCCCC)COC(=O)CCCCCCCC.CCCOC(C)=O. The lowest BCUT2D eigenvalue weighted by molar-refractivity contribution is -0.158. The molecule has 0 fully saturated rings. The number of hydrogen-bond acceptors (Lipinski definition) is 14. The Labute approximate surface area is 465 Å². The van der Waals surface area contributed by atoms with Crippen molar-refractivity contribution < 1.29 is 66.7 Å². The van der Waals surface area contributed by atoms with Crippen LogP contribution in [0.1, 0.15) is 295 Å². The summed E-state index contributed by atoms with van der Waals surface area (Å²) in [5.41, 5.74) is 0. The molecule has 3 atom stereocenters. The normalized spacial score (nSPS) is 11.7. The van der Waals surface area contributed by atoms with Gasteiger partial charge in [-0.3, -0.25) is 33.6 Å². The summed E-state index contributed by atoms with van der Waals surface area (Å²) in [4.78, 5) is 86.8. The minimum absolute atomic E-state index is 0.0482. The van der Waals surface area contributed by atoms with Gasteiger partial charge >= 0.3 is 41.8 Å². The lowest BCUT2D eigenvalue weighted by Crippen LogP contribution is -2.28. The number of unbranched alkanes of at least 4 members (excludes halogenated alkanes) is 20. The maximum atomic E-state index is 13.3.